The lowest BCUT2D eigenvalue weighted by molar-refractivity contribution is 0.414. The van der Waals surface area contributed by atoms with Crippen LogP contribution < -0.4 is 10.5 Å². The zero-order valence-electron chi connectivity index (χ0n) is 9.61. The third-order valence-electron chi connectivity index (χ3n) is 2.34. The van der Waals surface area contributed by atoms with E-state index in [0.717, 1.165) is 15.5 Å². The lowest BCUT2D eigenvalue weighted by atomic mass is 10.3. The van der Waals surface area contributed by atoms with Crippen molar-refractivity contribution in [2.75, 3.05) is 12.8 Å². The van der Waals surface area contributed by atoms with Crippen molar-refractivity contribution in [1.29, 1.82) is 0 Å². The van der Waals surface area contributed by atoms with E-state index in [-0.39, 0.29) is 0 Å². The quantitative estimate of drug-likeness (QED) is 0.832. The number of nitrogens with two attached hydrogens (primary N) is 1. The van der Waals surface area contributed by atoms with Gasteiger partial charge in [0.05, 0.1) is 17.2 Å². The molecule has 0 spiro atoms. The Bertz CT molecular complexity index is 558. The molecule has 0 heterocycles. The van der Waals surface area contributed by atoms with Crippen LogP contribution in [0.1, 0.15) is 0 Å². The fourth-order valence-electron chi connectivity index (χ4n) is 1.40. The van der Waals surface area contributed by atoms with E-state index in [1.807, 2.05) is 24.3 Å². The molecule has 2 aromatic carbocycles. The van der Waals surface area contributed by atoms with E-state index in [4.69, 9.17) is 33.7 Å². The van der Waals surface area contributed by atoms with E-state index >= 15 is 0 Å². The van der Waals surface area contributed by atoms with Gasteiger partial charge in [0.15, 0.2) is 0 Å². The first-order chi connectivity index (χ1) is 8.60. The van der Waals surface area contributed by atoms with E-state index in [9.17, 15) is 0 Å². The summed E-state index contributed by atoms with van der Waals surface area (Å²) in [5.41, 5.74) is 6.52. The molecule has 18 heavy (non-hydrogen) atoms. The molecule has 2 rings (SSSR count). The van der Waals surface area contributed by atoms with Gasteiger partial charge in [0, 0.05) is 15.5 Å². The molecule has 0 radical (unpaired) electrons. The van der Waals surface area contributed by atoms with Gasteiger partial charge in [-0.15, -0.1) is 0 Å². The summed E-state index contributed by atoms with van der Waals surface area (Å²) in [6.45, 7) is 0. The standard InChI is InChI=1S/C13H11Cl2NOS/c1-17-8-2-4-9(5-3-8)18-13-7-11(15)10(14)6-12(13)16/h2-7H,16H2,1H3. The van der Waals surface area contributed by atoms with E-state index in [1.165, 1.54) is 11.8 Å². The second kappa shape index (κ2) is 5.74. The normalized spacial score (nSPS) is 10.4. The summed E-state index contributed by atoms with van der Waals surface area (Å²) >= 11 is 13.4. The molecule has 0 fully saturated rings. The molecular formula is C13H11Cl2NOS. The molecule has 2 N–H and O–H groups in total. The summed E-state index contributed by atoms with van der Waals surface area (Å²) in [7, 11) is 1.64. The molecule has 0 saturated heterocycles. The summed E-state index contributed by atoms with van der Waals surface area (Å²) in [5, 5.41) is 0.968. The lowest BCUT2D eigenvalue weighted by Crippen LogP contribution is -1.89. The number of nitrogen functional groups attached to an aromatic ring is 1. The minimum Gasteiger partial charge on any atom is -0.497 e. The van der Waals surface area contributed by atoms with Gasteiger partial charge >= 0.3 is 0 Å². The Morgan fingerprint density at radius 2 is 1.67 bits per heavy atom. The SMILES string of the molecule is COc1ccc(Sc2cc(Cl)c(Cl)cc2N)cc1. The van der Waals surface area contributed by atoms with Gasteiger partial charge in [-0.2, -0.15) is 0 Å². The Morgan fingerprint density at radius 3 is 2.28 bits per heavy atom. The van der Waals surface area contributed by atoms with Crippen LogP contribution in [0.4, 0.5) is 5.69 Å². The molecule has 0 atom stereocenters. The average Bonchev–Trinajstić information content (AvgIpc) is 2.37. The van der Waals surface area contributed by atoms with Crippen LogP contribution in [0.25, 0.3) is 0 Å². The topological polar surface area (TPSA) is 35.2 Å². The molecule has 0 saturated carbocycles. The first kappa shape index (κ1) is 13.4. The number of halogens is 2. The van der Waals surface area contributed by atoms with Gasteiger partial charge in [-0.05, 0) is 36.4 Å². The highest BCUT2D eigenvalue weighted by Gasteiger charge is 2.07. The summed E-state index contributed by atoms with van der Waals surface area (Å²) in [5.74, 6) is 0.821. The van der Waals surface area contributed by atoms with Crippen LogP contribution in [0.15, 0.2) is 46.2 Å². The van der Waals surface area contributed by atoms with Crippen molar-refractivity contribution >= 4 is 40.7 Å². The highest BCUT2D eigenvalue weighted by atomic mass is 35.5. The van der Waals surface area contributed by atoms with Crippen molar-refractivity contribution in [3.8, 4) is 5.75 Å². The molecule has 0 bridgehead atoms. The smallest absolute Gasteiger partial charge is 0.118 e. The average molecular weight is 300 g/mol. The Morgan fingerprint density at radius 1 is 1.06 bits per heavy atom. The fourth-order valence-corrected chi connectivity index (χ4v) is 2.68. The van der Waals surface area contributed by atoms with Crippen molar-refractivity contribution in [3.63, 3.8) is 0 Å². The zero-order valence-corrected chi connectivity index (χ0v) is 11.9. The minimum absolute atomic E-state index is 0.466. The van der Waals surface area contributed by atoms with Crippen molar-refractivity contribution in [2.45, 2.75) is 9.79 Å². The third-order valence-corrected chi connectivity index (χ3v) is 4.14. The predicted octanol–water partition coefficient (Wildman–Crippen LogP) is 4.74. The van der Waals surface area contributed by atoms with Crippen LogP contribution in [-0.4, -0.2) is 7.11 Å². The molecule has 0 aliphatic rings. The van der Waals surface area contributed by atoms with Crippen LogP contribution in [-0.2, 0) is 0 Å². The van der Waals surface area contributed by atoms with E-state index in [0.29, 0.717) is 15.7 Å². The van der Waals surface area contributed by atoms with Gasteiger partial charge in [-0.3, -0.25) is 0 Å². The van der Waals surface area contributed by atoms with Crippen LogP contribution >= 0.6 is 35.0 Å². The monoisotopic (exact) mass is 299 g/mol. The highest BCUT2D eigenvalue weighted by molar-refractivity contribution is 7.99. The number of hydrogen-bond acceptors (Lipinski definition) is 3. The van der Waals surface area contributed by atoms with Gasteiger partial charge in [-0.25, -0.2) is 0 Å². The van der Waals surface area contributed by atoms with Crippen LogP contribution in [0.2, 0.25) is 10.0 Å². The zero-order chi connectivity index (χ0) is 13.1. The summed E-state index contributed by atoms with van der Waals surface area (Å²) in [6, 6.07) is 11.2. The van der Waals surface area contributed by atoms with Crippen molar-refractivity contribution in [2.24, 2.45) is 0 Å². The van der Waals surface area contributed by atoms with Crippen molar-refractivity contribution in [1.82, 2.24) is 0 Å². The third kappa shape index (κ3) is 3.05. The Balaban J connectivity index is 2.25. The van der Waals surface area contributed by atoms with E-state index in [2.05, 4.69) is 0 Å². The minimum atomic E-state index is 0.466. The summed E-state index contributed by atoms with van der Waals surface area (Å²) in [6.07, 6.45) is 0. The van der Waals surface area contributed by atoms with Crippen molar-refractivity contribution < 1.29 is 4.74 Å². The Labute approximate surface area is 120 Å². The number of ether oxygens (including phenoxy) is 1. The fraction of sp³-hybridized carbons (Fsp3) is 0.0769. The maximum Gasteiger partial charge on any atom is 0.118 e. The first-order valence-corrected chi connectivity index (χ1v) is 6.74. The molecule has 0 aromatic heterocycles. The van der Waals surface area contributed by atoms with Gasteiger partial charge in [0.2, 0.25) is 0 Å². The molecule has 0 amide bonds. The van der Waals surface area contributed by atoms with Crippen molar-refractivity contribution in [3.05, 3.63) is 46.4 Å². The largest absolute Gasteiger partial charge is 0.497 e. The summed E-state index contributed by atoms with van der Waals surface area (Å²) < 4.78 is 5.11. The number of rotatable bonds is 3. The number of hydrogen-bond donors (Lipinski definition) is 1. The summed E-state index contributed by atoms with van der Waals surface area (Å²) in [4.78, 5) is 1.94. The molecular weight excluding hydrogens is 289 g/mol. The molecule has 94 valence electrons. The molecule has 0 aliphatic carbocycles. The first-order valence-electron chi connectivity index (χ1n) is 5.16. The van der Waals surface area contributed by atoms with Gasteiger partial charge in [0.1, 0.15) is 5.75 Å². The number of benzene rings is 2. The lowest BCUT2D eigenvalue weighted by Gasteiger charge is -2.08. The van der Waals surface area contributed by atoms with Gasteiger partial charge in [-0.1, -0.05) is 35.0 Å². The second-order valence-electron chi connectivity index (χ2n) is 3.58. The van der Waals surface area contributed by atoms with Gasteiger partial charge < -0.3 is 10.5 Å². The second-order valence-corrected chi connectivity index (χ2v) is 5.51. The molecule has 2 nitrogen and oxygen atoms in total. The van der Waals surface area contributed by atoms with E-state index in [1.54, 1.807) is 19.2 Å². The Kier molecular flexibility index (Phi) is 4.27. The van der Waals surface area contributed by atoms with Crippen LogP contribution in [0.5, 0.6) is 5.75 Å². The number of anilines is 1. The van der Waals surface area contributed by atoms with E-state index < -0.39 is 0 Å². The maximum atomic E-state index is 5.98. The molecule has 0 aliphatic heterocycles. The molecule has 2 aromatic rings. The maximum absolute atomic E-state index is 5.98. The predicted molar refractivity (Wildman–Crippen MR) is 78.0 cm³/mol. The Hall–Kier alpha value is -1.03. The van der Waals surface area contributed by atoms with Gasteiger partial charge in [0.25, 0.3) is 0 Å². The molecule has 5 heteroatoms. The van der Waals surface area contributed by atoms with Crippen LogP contribution in [0.3, 0.4) is 0 Å². The highest BCUT2D eigenvalue weighted by Crippen LogP contribution is 2.37. The number of methoxy groups -OCH3 is 1. The molecule has 0 unspecified atom stereocenters. The van der Waals surface area contributed by atoms with Crippen LogP contribution in [0, 0.1) is 0 Å².